The van der Waals surface area contributed by atoms with Crippen LogP contribution in [0, 0.1) is 6.92 Å². The van der Waals surface area contributed by atoms with Crippen LogP contribution in [0.3, 0.4) is 0 Å². The highest BCUT2D eigenvalue weighted by Gasteiger charge is 2.13. The number of aryl methyl sites for hydroxylation is 1. The van der Waals surface area contributed by atoms with E-state index in [2.05, 4.69) is 27.6 Å². The van der Waals surface area contributed by atoms with E-state index >= 15 is 0 Å². The number of nitrogens with zero attached hydrogens (tertiary/aromatic N) is 3. The molecule has 0 saturated heterocycles. The average Bonchev–Trinajstić information content (AvgIpc) is 2.80. The van der Waals surface area contributed by atoms with Crippen molar-refractivity contribution in [3.05, 3.63) is 35.7 Å². The summed E-state index contributed by atoms with van der Waals surface area (Å²) in [6.07, 6.45) is 0. The van der Waals surface area contributed by atoms with Gasteiger partial charge in [-0.3, -0.25) is 0 Å². The summed E-state index contributed by atoms with van der Waals surface area (Å²) < 4.78 is 7.28. The molecule has 5 nitrogen and oxygen atoms in total. The van der Waals surface area contributed by atoms with E-state index in [0.29, 0.717) is 0 Å². The van der Waals surface area contributed by atoms with Crippen LogP contribution in [0.2, 0.25) is 0 Å². The molecule has 1 N–H and O–H groups in total. The van der Waals surface area contributed by atoms with Gasteiger partial charge in [-0.15, -0.1) is 10.2 Å². The molecule has 0 saturated carbocycles. The summed E-state index contributed by atoms with van der Waals surface area (Å²) in [4.78, 5) is 0. The van der Waals surface area contributed by atoms with Crippen molar-refractivity contribution >= 4 is 11.8 Å². The van der Waals surface area contributed by atoms with Gasteiger partial charge >= 0.3 is 0 Å². The highest BCUT2D eigenvalue weighted by atomic mass is 32.2. The van der Waals surface area contributed by atoms with Crippen LogP contribution in [0.25, 0.3) is 0 Å². The molecule has 0 aliphatic heterocycles. The van der Waals surface area contributed by atoms with Crippen molar-refractivity contribution in [2.75, 3.05) is 19.9 Å². The molecule has 1 heterocycles. The standard InChI is InChI=1S/C14H20N4OS/c1-10-16-17-14(18(10)3)20-9-13(15-2)11-6-5-7-12(8-11)19-4/h5-8,13,15H,9H2,1-4H3. The van der Waals surface area contributed by atoms with Crippen LogP contribution < -0.4 is 10.1 Å². The zero-order valence-corrected chi connectivity index (χ0v) is 13.1. The minimum absolute atomic E-state index is 0.243. The zero-order chi connectivity index (χ0) is 14.5. The van der Waals surface area contributed by atoms with E-state index in [1.54, 1.807) is 18.9 Å². The molecular weight excluding hydrogens is 272 g/mol. The van der Waals surface area contributed by atoms with Gasteiger partial charge in [0, 0.05) is 18.8 Å². The molecular formula is C14H20N4OS. The third-order valence-corrected chi connectivity index (χ3v) is 4.39. The lowest BCUT2D eigenvalue weighted by molar-refractivity contribution is 0.413. The number of benzene rings is 1. The third-order valence-electron chi connectivity index (χ3n) is 3.28. The molecule has 20 heavy (non-hydrogen) atoms. The predicted molar refractivity (Wildman–Crippen MR) is 81.3 cm³/mol. The molecule has 1 aromatic carbocycles. The first-order valence-electron chi connectivity index (χ1n) is 6.45. The Morgan fingerprint density at radius 3 is 2.80 bits per heavy atom. The van der Waals surface area contributed by atoms with E-state index < -0.39 is 0 Å². The zero-order valence-electron chi connectivity index (χ0n) is 12.3. The number of thioether (sulfide) groups is 1. The summed E-state index contributed by atoms with van der Waals surface area (Å²) in [5, 5.41) is 12.5. The average molecular weight is 292 g/mol. The smallest absolute Gasteiger partial charge is 0.191 e. The van der Waals surface area contributed by atoms with Gasteiger partial charge in [0.15, 0.2) is 5.16 Å². The molecule has 0 fully saturated rings. The summed E-state index contributed by atoms with van der Waals surface area (Å²) in [5.41, 5.74) is 1.21. The second-order valence-corrected chi connectivity index (χ2v) is 5.50. The molecule has 108 valence electrons. The van der Waals surface area contributed by atoms with E-state index in [9.17, 15) is 0 Å². The highest BCUT2D eigenvalue weighted by molar-refractivity contribution is 7.99. The summed E-state index contributed by atoms with van der Waals surface area (Å²) >= 11 is 1.69. The van der Waals surface area contributed by atoms with Crippen LogP contribution >= 0.6 is 11.8 Å². The van der Waals surface area contributed by atoms with Crippen molar-refractivity contribution in [1.29, 1.82) is 0 Å². The number of aromatic nitrogens is 3. The fourth-order valence-electron chi connectivity index (χ4n) is 1.88. The Labute approximate surface area is 123 Å². The van der Waals surface area contributed by atoms with Gasteiger partial charge < -0.3 is 14.6 Å². The SMILES string of the molecule is CNC(CSc1nnc(C)n1C)c1cccc(OC)c1. The Bertz CT molecular complexity index is 570. The topological polar surface area (TPSA) is 52.0 Å². The first kappa shape index (κ1) is 14.9. The lowest BCUT2D eigenvalue weighted by Gasteiger charge is -2.16. The van der Waals surface area contributed by atoms with Crippen molar-refractivity contribution in [2.24, 2.45) is 7.05 Å². The van der Waals surface area contributed by atoms with Gasteiger partial charge in [-0.25, -0.2) is 0 Å². The molecule has 1 unspecified atom stereocenters. The number of hydrogen-bond donors (Lipinski definition) is 1. The number of ether oxygens (including phenoxy) is 1. The predicted octanol–water partition coefficient (Wildman–Crippen LogP) is 2.18. The molecule has 1 atom stereocenters. The molecule has 0 aliphatic rings. The van der Waals surface area contributed by atoms with Crippen molar-refractivity contribution < 1.29 is 4.74 Å². The largest absolute Gasteiger partial charge is 0.497 e. The molecule has 2 rings (SSSR count). The number of hydrogen-bond acceptors (Lipinski definition) is 5. The van der Waals surface area contributed by atoms with Crippen molar-refractivity contribution in [1.82, 2.24) is 20.1 Å². The fraction of sp³-hybridized carbons (Fsp3) is 0.429. The van der Waals surface area contributed by atoms with E-state index in [4.69, 9.17) is 4.74 Å². The van der Waals surface area contributed by atoms with Crippen LogP contribution in [-0.2, 0) is 7.05 Å². The number of methoxy groups -OCH3 is 1. The molecule has 0 bridgehead atoms. The van der Waals surface area contributed by atoms with Crippen LogP contribution in [-0.4, -0.2) is 34.7 Å². The minimum Gasteiger partial charge on any atom is -0.497 e. The lowest BCUT2D eigenvalue weighted by atomic mass is 10.1. The molecule has 2 aromatic rings. The van der Waals surface area contributed by atoms with Gasteiger partial charge in [0.05, 0.1) is 7.11 Å². The molecule has 0 amide bonds. The quantitative estimate of drug-likeness (QED) is 0.827. The van der Waals surface area contributed by atoms with Gasteiger partial charge in [-0.2, -0.15) is 0 Å². The summed E-state index contributed by atoms with van der Waals surface area (Å²) in [6.45, 7) is 1.95. The fourth-order valence-corrected chi connectivity index (χ4v) is 2.97. The van der Waals surface area contributed by atoms with Crippen LogP contribution in [0.5, 0.6) is 5.75 Å². The van der Waals surface area contributed by atoms with Crippen LogP contribution in [0.4, 0.5) is 0 Å². The molecule has 0 spiro atoms. The molecule has 0 aliphatic carbocycles. The van der Waals surface area contributed by atoms with Gasteiger partial charge in [0.25, 0.3) is 0 Å². The Morgan fingerprint density at radius 2 is 2.20 bits per heavy atom. The maximum Gasteiger partial charge on any atom is 0.191 e. The molecule has 0 radical (unpaired) electrons. The minimum atomic E-state index is 0.243. The highest BCUT2D eigenvalue weighted by Crippen LogP contribution is 2.25. The Kier molecular flexibility index (Phi) is 5.03. The first-order valence-corrected chi connectivity index (χ1v) is 7.44. The molecule has 6 heteroatoms. The number of rotatable bonds is 6. The van der Waals surface area contributed by atoms with E-state index in [0.717, 1.165) is 22.5 Å². The number of nitrogens with one attached hydrogen (secondary N) is 1. The summed E-state index contributed by atoms with van der Waals surface area (Å²) in [5.74, 6) is 2.69. The summed E-state index contributed by atoms with van der Waals surface area (Å²) in [6, 6.07) is 8.37. The van der Waals surface area contributed by atoms with Gasteiger partial charge in [0.2, 0.25) is 0 Å². The second kappa shape index (κ2) is 6.76. The lowest BCUT2D eigenvalue weighted by Crippen LogP contribution is -2.19. The van der Waals surface area contributed by atoms with Gasteiger partial charge in [0.1, 0.15) is 11.6 Å². The van der Waals surface area contributed by atoms with Crippen LogP contribution in [0.15, 0.2) is 29.4 Å². The van der Waals surface area contributed by atoms with Crippen molar-refractivity contribution in [3.8, 4) is 5.75 Å². The Balaban J connectivity index is 2.07. The van der Waals surface area contributed by atoms with E-state index in [-0.39, 0.29) is 6.04 Å². The van der Waals surface area contributed by atoms with Gasteiger partial charge in [-0.1, -0.05) is 23.9 Å². The van der Waals surface area contributed by atoms with Crippen molar-refractivity contribution in [2.45, 2.75) is 18.1 Å². The Morgan fingerprint density at radius 1 is 1.40 bits per heavy atom. The van der Waals surface area contributed by atoms with E-state index in [1.807, 2.05) is 37.7 Å². The monoisotopic (exact) mass is 292 g/mol. The maximum absolute atomic E-state index is 5.27. The third kappa shape index (κ3) is 3.32. The van der Waals surface area contributed by atoms with Gasteiger partial charge in [-0.05, 0) is 31.7 Å². The van der Waals surface area contributed by atoms with Crippen molar-refractivity contribution in [3.63, 3.8) is 0 Å². The maximum atomic E-state index is 5.27. The van der Waals surface area contributed by atoms with E-state index in [1.165, 1.54) is 5.56 Å². The first-order chi connectivity index (χ1) is 9.65. The summed E-state index contributed by atoms with van der Waals surface area (Å²) in [7, 11) is 5.63. The van der Waals surface area contributed by atoms with Crippen LogP contribution in [0.1, 0.15) is 17.4 Å². The molecule has 1 aromatic heterocycles. The second-order valence-electron chi connectivity index (χ2n) is 4.52. The normalized spacial score (nSPS) is 12.4. The Hall–Kier alpha value is -1.53.